The summed E-state index contributed by atoms with van der Waals surface area (Å²) in [5.74, 6) is 1.30. The predicted octanol–water partition coefficient (Wildman–Crippen LogP) is 3.01. The maximum absolute atomic E-state index is 12.8. The highest BCUT2D eigenvalue weighted by Crippen LogP contribution is 2.28. The lowest BCUT2D eigenvalue weighted by Crippen LogP contribution is -2.44. The largest absolute Gasteiger partial charge is 0.497 e. The summed E-state index contributed by atoms with van der Waals surface area (Å²) in [5.41, 5.74) is 1.64. The Morgan fingerprint density at radius 2 is 1.70 bits per heavy atom. The average molecular weight is 456 g/mol. The van der Waals surface area contributed by atoms with Crippen molar-refractivity contribution in [2.24, 2.45) is 0 Å². The van der Waals surface area contributed by atoms with Gasteiger partial charge in [-0.2, -0.15) is 0 Å². The molecule has 0 atom stereocenters. The number of rotatable bonds is 9. The fraction of sp³-hybridized carbons (Fsp3) is 0.440. The van der Waals surface area contributed by atoms with Crippen LogP contribution in [0.1, 0.15) is 37.0 Å². The summed E-state index contributed by atoms with van der Waals surface area (Å²) in [6, 6.07) is 13.1. The molecule has 1 aliphatic heterocycles. The molecule has 0 spiro atoms. The molecule has 2 aromatic rings. The van der Waals surface area contributed by atoms with Crippen LogP contribution in [0.3, 0.4) is 0 Å². The number of anilines is 1. The van der Waals surface area contributed by atoms with Crippen molar-refractivity contribution in [1.29, 1.82) is 0 Å². The third kappa shape index (κ3) is 6.78. The zero-order valence-electron chi connectivity index (χ0n) is 19.7. The first-order chi connectivity index (χ1) is 15.9. The van der Waals surface area contributed by atoms with Crippen molar-refractivity contribution in [3.8, 4) is 17.2 Å². The molecule has 0 radical (unpaired) electrons. The fourth-order valence-electron chi connectivity index (χ4n) is 3.78. The molecule has 2 amide bonds. The molecule has 178 valence electrons. The maximum Gasteiger partial charge on any atom is 0.258 e. The van der Waals surface area contributed by atoms with Gasteiger partial charge in [0.1, 0.15) is 5.75 Å². The van der Waals surface area contributed by atoms with E-state index in [4.69, 9.17) is 14.2 Å². The van der Waals surface area contributed by atoms with Gasteiger partial charge >= 0.3 is 0 Å². The Labute approximate surface area is 195 Å². The van der Waals surface area contributed by atoms with Crippen molar-refractivity contribution >= 4 is 17.5 Å². The van der Waals surface area contributed by atoms with Gasteiger partial charge in [0, 0.05) is 36.4 Å². The van der Waals surface area contributed by atoms with E-state index in [2.05, 4.69) is 27.7 Å². The first-order valence-electron chi connectivity index (χ1n) is 11.2. The number of nitrogens with one attached hydrogen (secondary N) is 2. The van der Waals surface area contributed by atoms with Crippen LogP contribution in [0.4, 0.5) is 5.69 Å². The zero-order valence-corrected chi connectivity index (χ0v) is 19.7. The minimum Gasteiger partial charge on any atom is -0.497 e. The molecular weight excluding hydrogens is 422 g/mol. The highest BCUT2D eigenvalue weighted by atomic mass is 16.5. The summed E-state index contributed by atoms with van der Waals surface area (Å²) in [7, 11) is 3.17. The van der Waals surface area contributed by atoms with Gasteiger partial charge < -0.3 is 29.7 Å². The predicted molar refractivity (Wildman–Crippen MR) is 127 cm³/mol. The second kappa shape index (κ2) is 11.4. The average Bonchev–Trinajstić information content (AvgIpc) is 2.82. The quantitative estimate of drug-likeness (QED) is 0.604. The van der Waals surface area contributed by atoms with Crippen molar-refractivity contribution in [3.05, 3.63) is 48.0 Å². The van der Waals surface area contributed by atoms with E-state index in [1.807, 2.05) is 26.0 Å². The van der Waals surface area contributed by atoms with Crippen molar-refractivity contribution in [3.63, 3.8) is 0 Å². The first-order valence-corrected chi connectivity index (χ1v) is 11.2. The summed E-state index contributed by atoms with van der Waals surface area (Å²) >= 11 is 0. The topological polar surface area (TPSA) is 89.1 Å². The summed E-state index contributed by atoms with van der Waals surface area (Å²) in [6.45, 7) is 5.38. The van der Waals surface area contributed by atoms with Gasteiger partial charge in [0.15, 0.2) is 18.1 Å². The summed E-state index contributed by atoms with van der Waals surface area (Å²) in [6.07, 6.45) is 1.72. The number of hydrogen-bond acceptors (Lipinski definition) is 6. The van der Waals surface area contributed by atoms with E-state index in [9.17, 15) is 9.59 Å². The van der Waals surface area contributed by atoms with Gasteiger partial charge in [-0.15, -0.1) is 0 Å². The van der Waals surface area contributed by atoms with Crippen LogP contribution in [-0.2, 0) is 4.79 Å². The molecule has 1 saturated heterocycles. The third-order valence-corrected chi connectivity index (χ3v) is 5.50. The van der Waals surface area contributed by atoms with Gasteiger partial charge in [-0.1, -0.05) is 0 Å². The minimum atomic E-state index is -0.213. The number of hydrogen-bond donors (Lipinski definition) is 2. The number of amides is 2. The Morgan fingerprint density at radius 1 is 1.00 bits per heavy atom. The lowest BCUT2D eigenvalue weighted by Gasteiger charge is -2.34. The number of ether oxygens (including phenoxy) is 3. The molecule has 0 aromatic heterocycles. The first kappa shape index (κ1) is 24.2. The van der Waals surface area contributed by atoms with Gasteiger partial charge in [-0.3, -0.25) is 9.59 Å². The van der Waals surface area contributed by atoms with E-state index in [1.54, 1.807) is 25.3 Å². The highest BCUT2D eigenvalue weighted by molar-refractivity contribution is 5.95. The summed E-state index contributed by atoms with van der Waals surface area (Å²) < 4.78 is 16.1. The van der Waals surface area contributed by atoms with Crippen molar-refractivity contribution in [2.75, 3.05) is 38.8 Å². The van der Waals surface area contributed by atoms with Gasteiger partial charge in [0.2, 0.25) is 0 Å². The summed E-state index contributed by atoms with van der Waals surface area (Å²) in [5, 5.41) is 5.89. The molecule has 2 aromatic carbocycles. The fourth-order valence-corrected chi connectivity index (χ4v) is 3.78. The van der Waals surface area contributed by atoms with Gasteiger partial charge in [0.05, 0.1) is 14.2 Å². The molecule has 3 rings (SSSR count). The Kier molecular flexibility index (Phi) is 8.40. The van der Waals surface area contributed by atoms with Gasteiger partial charge in [0.25, 0.3) is 11.8 Å². The Hall–Kier alpha value is -3.42. The van der Waals surface area contributed by atoms with Crippen LogP contribution >= 0.6 is 0 Å². The number of piperidine rings is 1. The molecule has 0 bridgehead atoms. The van der Waals surface area contributed by atoms with E-state index in [0.29, 0.717) is 17.1 Å². The van der Waals surface area contributed by atoms with Gasteiger partial charge in [-0.25, -0.2) is 0 Å². The van der Waals surface area contributed by atoms with Crippen LogP contribution in [0.15, 0.2) is 42.5 Å². The molecule has 1 heterocycles. The second-order valence-corrected chi connectivity index (χ2v) is 8.31. The van der Waals surface area contributed by atoms with Crippen LogP contribution < -0.4 is 29.7 Å². The van der Waals surface area contributed by atoms with Crippen LogP contribution in [0.5, 0.6) is 17.2 Å². The van der Waals surface area contributed by atoms with E-state index in [0.717, 1.165) is 37.4 Å². The lowest BCUT2D eigenvalue weighted by atomic mass is 10.0. The second-order valence-electron chi connectivity index (χ2n) is 8.31. The van der Waals surface area contributed by atoms with Crippen molar-refractivity contribution in [2.45, 2.75) is 38.8 Å². The molecular formula is C25H33N3O5. The Bertz CT molecular complexity index is 938. The van der Waals surface area contributed by atoms with E-state index >= 15 is 0 Å². The summed E-state index contributed by atoms with van der Waals surface area (Å²) in [4.78, 5) is 26.9. The highest BCUT2D eigenvalue weighted by Gasteiger charge is 2.22. The molecule has 0 unspecified atom stereocenters. The number of benzene rings is 2. The van der Waals surface area contributed by atoms with E-state index < -0.39 is 0 Å². The smallest absolute Gasteiger partial charge is 0.258 e. The molecule has 1 aliphatic rings. The molecule has 33 heavy (non-hydrogen) atoms. The van der Waals surface area contributed by atoms with Crippen molar-refractivity contribution < 1.29 is 23.8 Å². The van der Waals surface area contributed by atoms with Crippen LogP contribution in [0.2, 0.25) is 0 Å². The zero-order chi connectivity index (χ0) is 23.8. The number of carbonyl (C=O) groups excluding carboxylic acids is 2. The third-order valence-electron chi connectivity index (χ3n) is 5.50. The Morgan fingerprint density at radius 3 is 2.30 bits per heavy atom. The lowest BCUT2D eigenvalue weighted by molar-refractivity contribution is -0.123. The van der Waals surface area contributed by atoms with Crippen molar-refractivity contribution in [1.82, 2.24) is 10.6 Å². The van der Waals surface area contributed by atoms with E-state index in [-0.39, 0.29) is 30.5 Å². The molecule has 0 aliphatic carbocycles. The monoisotopic (exact) mass is 455 g/mol. The molecule has 0 saturated carbocycles. The molecule has 8 nitrogen and oxygen atoms in total. The number of methoxy groups -OCH3 is 2. The SMILES string of the molecule is COc1ccc(N2CCC(NC(=O)c3ccc(OCC(=O)NC(C)C)c(OC)c3)CC2)cc1. The standard InChI is InChI=1S/C25H33N3O5/c1-17(2)26-24(29)16-33-22-10-5-18(15-23(22)32-4)25(30)27-19-11-13-28(14-12-19)20-6-8-21(31-3)9-7-20/h5-10,15,17,19H,11-14,16H2,1-4H3,(H,26,29)(H,27,30). The molecule has 1 fully saturated rings. The molecule has 8 heteroatoms. The van der Waals surface area contributed by atoms with Crippen LogP contribution in [0, 0.1) is 0 Å². The normalized spacial score (nSPS) is 14.0. The Balaban J connectivity index is 1.53. The number of carbonyl (C=O) groups is 2. The molecule has 2 N–H and O–H groups in total. The van der Waals surface area contributed by atoms with E-state index in [1.165, 1.54) is 7.11 Å². The number of nitrogens with zero attached hydrogens (tertiary/aromatic N) is 1. The van der Waals surface area contributed by atoms with Crippen LogP contribution in [-0.4, -0.2) is 57.8 Å². The minimum absolute atomic E-state index is 0.0390. The maximum atomic E-state index is 12.8. The van der Waals surface area contributed by atoms with Crippen LogP contribution in [0.25, 0.3) is 0 Å². The van der Waals surface area contributed by atoms with Gasteiger partial charge in [-0.05, 0) is 69.2 Å².